The van der Waals surface area contributed by atoms with Crippen LogP contribution >= 0.6 is 0 Å². The van der Waals surface area contributed by atoms with Gasteiger partial charge in [0.1, 0.15) is 6.61 Å². The molecule has 53 heavy (non-hydrogen) atoms. The second-order valence-corrected chi connectivity index (χ2v) is 17.8. The highest BCUT2D eigenvalue weighted by atomic mass is 16.6. The number of esters is 2. The zero-order valence-electron chi connectivity index (χ0n) is 36.8. The number of carbonyl (C=O) groups excluding carboxylic acids is 2. The van der Waals surface area contributed by atoms with Gasteiger partial charge in [-0.25, -0.2) is 0 Å². The summed E-state index contributed by atoms with van der Waals surface area (Å²) in [5.74, 6) is 2.10. The molecule has 316 valence electrons. The minimum absolute atomic E-state index is 0.0933. The van der Waals surface area contributed by atoms with Crippen LogP contribution in [0.4, 0.5) is 0 Å². The van der Waals surface area contributed by atoms with Gasteiger partial charge >= 0.3 is 11.9 Å². The Morgan fingerprint density at radius 2 is 0.660 bits per heavy atom. The van der Waals surface area contributed by atoms with Crippen LogP contribution in [-0.4, -0.2) is 37.9 Å². The fourth-order valence-electron chi connectivity index (χ4n) is 7.12. The van der Waals surface area contributed by atoms with Gasteiger partial charge in [0.15, 0.2) is 6.10 Å². The van der Waals surface area contributed by atoms with E-state index in [1.807, 2.05) is 0 Å². The van der Waals surface area contributed by atoms with Crippen LogP contribution in [0.1, 0.15) is 253 Å². The Labute approximate surface area is 332 Å². The van der Waals surface area contributed by atoms with Crippen LogP contribution in [-0.2, 0) is 23.8 Å². The molecule has 0 aromatic heterocycles. The summed E-state index contributed by atoms with van der Waals surface area (Å²) in [4.78, 5) is 25.2. The van der Waals surface area contributed by atoms with Gasteiger partial charge in [-0.15, -0.1) is 0 Å². The third-order valence-electron chi connectivity index (χ3n) is 10.7. The summed E-state index contributed by atoms with van der Waals surface area (Å²) in [6, 6.07) is 0. The summed E-state index contributed by atoms with van der Waals surface area (Å²) in [7, 11) is 0. The number of hydrogen-bond donors (Lipinski definition) is 0. The standard InChI is InChI=1S/C48H94O5/c1-43(2)35-29-23-17-11-7-8-16-22-28-34-40-51-41-46(53-48(50)39-33-27-21-15-10-13-19-25-31-37-45(5)6)42-52-47(49)38-32-26-20-14-9-12-18-24-30-36-44(3)4/h43-46H,7-42H2,1-6H3/t46-/m1/s1. The SMILES string of the molecule is CC(C)CCCCCCCCCCCCOC[C@H](COC(=O)CCCCCCCCCCCC(C)C)OC(=O)CCCCCCCCCCCC(C)C. The van der Waals surface area contributed by atoms with Crippen molar-refractivity contribution in [3.63, 3.8) is 0 Å². The van der Waals surface area contributed by atoms with Crippen LogP contribution in [0.2, 0.25) is 0 Å². The summed E-state index contributed by atoms with van der Waals surface area (Å²) in [5.41, 5.74) is 0. The molecule has 0 spiro atoms. The zero-order chi connectivity index (χ0) is 39.0. The van der Waals surface area contributed by atoms with E-state index in [1.54, 1.807) is 0 Å². The average Bonchev–Trinajstić information content (AvgIpc) is 3.11. The van der Waals surface area contributed by atoms with Crippen molar-refractivity contribution < 1.29 is 23.8 Å². The third-order valence-corrected chi connectivity index (χ3v) is 10.7. The maximum atomic E-state index is 12.7. The van der Waals surface area contributed by atoms with Gasteiger partial charge in [-0.2, -0.15) is 0 Å². The molecule has 0 fully saturated rings. The summed E-state index contributed by atoms with van der Waals surface area (Å²) in [6.07, 6.45) is 39.6. The second-order valence-electron chi connectivity index (χ2n) is 17.8. The number of ether oxygens (including phenoxy) is 3. The third kappa shape index (κ3) is 43.5. The summed E-state index contributed by atoms with van der Waals surface area (Å²) in [5, 5.41) is 0. The number of unbranched alkanes of at least 4 members (excludes halogenated alkanes) is 25. The zero-order valence-corrected chi connectivity index (χ0v) is 36.8. The van der Waals surface area contributed by atoms with Crippen LogP contribution < -0.4 is 0 Å². The van der Waals surface area contributed by atoms with E-state index in [1.165, 1.54) is 167 Å². The molecule has 0 rings (SSSR count). The van der Waals surface area contributed by atoms with E-state index in [0.717, 1.165) is 49.9 Å². The molecular formula is C48H94O5. The van der Waals surface area contributed by atoms with E-state index >= 15 is 0 Å². The molecule has 0 aromatic carbocycles. The van der Waals surface area contributed by atoms with Crippen molar-refractivity contribution >= 4 is 11.9 Å². The van der Waals surface area contributed by atoms with Crippen molar-refractivity contribution in [2.75, 3.05) is 19.8 Å². The fraction of sp³-hybridized carbons (Fsp3) is 0.958. The molecule has 0 saturated heterocycles. The van der Waals surface area contributed by atoms with Crippen LogP contribution in [0.25, 0.3) is 0 Å². The lowest BCUT2D eigenvalue weighted by atomic mass is 10.0. The lowest BCUT2D eigenvalue weighted by molar-refractivity contribution is -0.163. The number of carbonyl (C=O) groups is 2. The van der Waals surface area contributed by atoms with Crippen molar-refractivity contribution in [3.05, 3.63) is 0 Å². The molecule has 1 atom stereocenters. The molecule has 0 radical (unpaired) electrons. The summed E-state index contributed by atoms with van der Waals surface area (Å²) >= 11 is 0. The Morgan fingerprint density at radius 3 is 1.02 bits per heavy atom. The Hall–Kier alpha value is -1.10. The molecule has 0 aliphatic rings. The molecule has 0 N–H and O–H groups in total. The van der Waals surface area contributed by atoms with Crippen molar-refractivity contribution in [1.29, 1.82) is 0 Å². The lowest BCUT2D eigenvalue weighted by Gasteiger charge is -2.18. The van der Waals surface area contributed by atoms with Crippen LogP contribution in [0, 0.1) is 17.8 Å². The van der Waals surface area contributed by atoms with Crippen LogP contribution in [0.3, 0.4) is 0 Å². The maximum Gasteiger partial charge on any atom is 0.306 e. The molecular weight excluding hydrogens is 657 g/mol. The van der Waals surface area contributed by atoms with E-state index in [2.05, 4.69) is 41.5 Å². The molecule has 5 nitrogen and oxygen atoms in total. The summed E-state index contributed by atoms with van der Waals surface area (Å²) in [6.45, 7) is 14.9. The van der Waals surface area contributed by atoms with Crippen molar-refractivity contribution in [2.24, 2.45) is 17.8 Å². The second kappa shape index (κ2) is 40.6. The van der Waals surface area contributed by atoms with Crippen molar-refractivity contribution in [2.45, 2.75) is 260 Å². The topological polar surface area (TPSA) is 61.8 Å². The molecule has 0 heterocycles. The van der Waals surface area contributed by atoms with Gasteiger partial charge in [0.2, 0.25) is 0 Å². The number of hydrogen-bond acceptors (Lipinski definition) is 5. The van der Waals surface area contributed by atoms with Gasteiger partial charge < -0.3 is 14.2 Å². The average molecular weight is 751 g/mol. The van der Waals surface area contributed by atoms with Gasteiger partial charge in [-0.05, 0) is 37.0 Å². The van der Waals surface area contributed by atoms with Gasteiger partial charge in [-0.3, -0.25) is 9.59 Å². The van der Waals surface area contributed by atoms with Gasteiger partial charge in [-0.1, -0.05) is 221 Å². The maximum absolute atomic E-state index is 12.7. The highest BCUT2D eigenvalue weighted by Gasteiger charge is 2.17. The largest absolute Gasteiger partial charge is 0.462 e. The monoisotopic (exact) mass is 751 g/mol. The first-order valence-corrected chi connectivity index (χ1v) is 23.6. The van der Waals surface area contributed by atoms with Crippen LogP contribution in [0.5, 0.6) is 0 Å². The molecule has 0 bridgehead atoms. The smallest absolute Gasteiger partial charge is 0.306 e. The summed E-state index contributed by atoms with van der Waals surface area (Å²) < 4.78 is 17.3. The normalized spacial score (nSPS) is 12.3. The molecule has 0 aliphatic heterocycles. The van der Waals surface area contributed by atoms with Crippen molar-refractivity contribution in [1.82, 2.24) is 0 Å². The minimum atomic E-state index is -0.525. The predicted octanol–water partition coefficient (Wildman–Crippen LogP) is 15.3. The molecule has 0 saturated carbocycles. The van der Waals surface area contributed by atoms with Gasteiger partial charge in [0.05, 0.1) is 6.61 Å². The Kier molecular flexibility index (Phi) is 39.7. The van der Waals surface area contributed by atoms with E-state index in [9.17, 15) is 9.59 Å². The molecule has 0 unspecified atom stereocenters. The fourth-order valence-corrected chi connectivity index (χ4v) is 7.12. The molecule has 0 amide bonds. The first-order chi connectivity index (χ1) is 25.7. The number of rotatable bonds is 42. The molecule has 0 aliphatic carbocycles. The van der Waals surface area contributed by atoms with E-state index < -0.39 is 6.10 Å². The van der Waals surface area contributed by atoms with E-state index in [4.69, 9.17) is 14.2 Å². The predicted molar refractivity (Wildman–Crippen MR) is 229 cm³/mol. The van der Waals surface area contributed by atoms with Gasteiger partial charge in [0, 0.05) is 19.4 Å². The van der Waals surface area contributed by atoms with Crippen molar-refractivity contribution in [3.8, 4) is 0 Å². The first-order valence-electron chi connectivity index (χ1n) is 23.6. The Bertz CT molecular complexity index is 763. The molecule has 0 aromatic rings. The van der Waals surface area contributed by atoms with Crippen LogP contribution in [0.15, 0.2) is 0 Å². The quantitative estimate of drug-likeness (QED) is 0.0459. The molecule has 5 heteroatoms. The van der Waals surface area contributed by atoms with E-state index in [-0.39, 0.29) is 18.5 Å². The lowest BCUT2D eigenvalue weighted by Crippen LogP contribution is -2.30. The highest BCUT2D eigenvalue weighted by Crippen LogP contribution is 2.17. The highest BCUT2D eigenvalue weighted by molar-refractivity contribution is 5.70. The minimum Gasteiger partial charge on any atom is -0.462 e. The Morgan fingerprint density at radius 1 is 0.358 bits per heavy atom. The first kappa shape index (κ1) is 51.9. The Balaban J connectivity index is 4.22. The van der Waals surface area contributed by atoms with E-state index in [0.29, 0.717) is 26.1 Å². The van der Waals surface area contributed by atoms with Gasteiger partial charge in [0.25, 0.3) is 0 Å².